The topological polar surface area (TPSA) is 38.0 Å². The molecule has 1 atom stereocenters. The number of alkyl halides is 3. The quantitative estimate of drug-likeness (QED) is 0.828. The number of aromatic nitrogens is 2. The van der Waals surface area contributed by atoms with Gasteiger partial charge in [0, 0.05) is 5.69 Å². The smallest absolute Gasteiger partial charge is 0.379 e. The third-order valence-corrected chi connectivity index (χ3v) is 2.43. The highest BCUT2D eigenvalue weighted by atomic mass is 19.4. The summed E-state index contributed by atoms with van der Waals surface area (Å²) in [6.45, 7) is 3.58. The van der Waals surface area contributed by atoms with Crippen molar-refractivity contribution >= 4 is 0 Å². The van der Waals surface area contributed by atoms with Crippen LogP contribution in [0.5, 0.6) is 0 Å². The van der Waals surface area contributed by atoms with Gasteiger partial charge in [-0.25, -0.2) is 4.98 Å². The molecule has 86 valence electrons. The van der Waals surface area contributed by atoms with Gasteiger partial charge in [-0.05, 0) is 20.8 Å². The van der Waals surface area contributed by atoms with E-state index in [4.69, 9.17) is 0 Å². The zero-order valence-corrected chi connectivity index (χ0v) is 8.76. The lowest BCUT2D eigenvalue weighted by molar-refractivity contribution is -0.257. The first kappa shape index (κ1) is 12.0. The molecule has 0 radical (unpaired) electrons. The van der Waals surface area contributed by atoms with E-state index in [1.165, 1.54) is 10.9 Å². The minimum atomic E-state index is -4.64. The second-order valence-corrected chi connectivity index (χ2v) is 3.81. The van der Waals surface area contributed by atoms with Crippen molar-refractivity contribution in [3.05, 3.63) is 17.7 Å². The number of halogens is 3. The van der Waals surface area contributed by atoms with Crippen LogP contribution < -0.4 is 0 Å². The van der Waals surface area contributed by atoms with Crippen LogP contribution in [0.4, 0.5) is 13.2 Å². The highest BCUT2D eigenvalue weighted by Crippen LogP contribution is 2.31. The van der Waals surface area contributed by atoms with Crippen molar-refractivity contribution in [2.75, 3.05) is 0 Å². The summed E-state index contributed by atoms with van der Waals surface area (Å²) in [6, 6.07) is 0. The summed E-state index contributed by atoms with van der Waals surface area (Å²) in [5, 5.41) is 9.26. The normalized spacial score (nSPS) is 16.5. The lowest BCUT2D eigenvalue weighted by Gasteiger charge is -2.26. The summed E-state index contributed by atoms with van der Waals surface area (Å²) >= 11 is 0. The molecule has 0 amide bonds. The van der Waals surface area contributed by atoms with Gasteiger partial charge in [-0.1, -0.05) is 0 Å². The Hall–Kier alpha value is -1.04. The van der Waals surface area contributed by atoms with Gasteiger partial charge < -0.3 is 9.67 Å². The molecule has 1 N–H and O–H groups in total. The number of aliphatic hydroxyl groups is 1. The van der Waals surface area contributed by atoms with E-state index in [1.54, 1.807) is 13.8 Å². The maximum Gasteiger partial charge on any atom is 0.418 e. The number of hydrogen-bond acceptors (Lipinski definition) is 2. The van der Waals surface area contributed by atoms with Crippen LogP contribution in [0.3, 0.4) is 0 Å². The molecule has 0 aliphatic heterocycles. The van der Waals surface area contributed by atoms with E-state index in [-0.39, 0.29) is 0 Å². The van der Waals surface area contributed by atoms with Gasteiger partial charge in [-0.3, -0.25) is 0 Å². The predicted molar refractivity (Wildman–Crippen MR) is 48.4 cm³/mol. The van der Waals surface area contributed by atoms with Crippen molar-refractivity contribution in [2.24, 2.45) is 0 Å². The molecule has 1 unspecified atom stereocenters. The fourth-order valence-corrected chi connectivity index (χ4v) is 1.12. The first-order chi connectivity index (χ1) is 6.65. The summed E-state index contributed by atoms with van der Waals surface area (Å²) in [6.07, 6.45) is -3.34. The zero-order chi connectivity index (χ0) is 11.9. The molecule has 0 aliphatic carbocycles. The Morgan fingerprint density at radius 3 is 2.27 bits per heavy atom. The molecule has 1 rings (SSSR count). The average Bonchev–Trinajstić information content (AvgIpc) is 2.33. The van der Waals surface area contributed by atoms with Crippen LogP contribution in [0.25, 0.3) is 0 Å². The van der Waals surface area contributed by atoms with Crippen LogP contribution in [-0.2, 0) is 6.54 Å². The van der Waals surface area contributed by atoms with Crippen molar-refractivity contribution in [1.82, 2.24) is 9.55 Å². The Morgan fingerprint density at radius 1 is 1.40 bits per heavy atom. The van der Waals surface area contributed by atoms with Gasteiger partial charge in [0.1, 0.15) is 0 Å². The lowest BCUT2D eigenvalue weighted by atomic mass is 10.1. The molecule has 0 saturated carbocycles. The first-order valence-corrected chi connectivity index (χ1v) is 4.42. The molecular formula is C9H13F3N2O. The molecule has 0 bridgehead atoms. The van der Waals surface area contributed by atoms with Crippen LogP contribution in [0.2, 0.25) is 0 Å². The number of nitrogens with zero attached hydrogens (tertiary/aromatic N) is 2. The third-order valence-electron chi connectivity index (χ3n) is 2.43. The van der Waals surface area contributed by atoms with Gasteiger partial charge in [0.15, 0.2) is 5.60 Å². The number of aryl methyl sites for hydroxylation is 1. The van der Waals surface area contributed by atoms with E-state index >= 15 is 0 Å². The SMILES string of the molecule is Cc1ncn(CC(C)(O)C(F)(F)F)c1C. The van der Waals surface area contributed by atoms with Crippen LogP contribution in [0.1, 0.15) is 18.3 Å². The average molecular weight is 222 g/mol. The maximum absolute atomic E-state index is 12.4. The van der Waals surface area contributed by atoms with Gasteiger partial charge in [0.2, 0.25) is 0 Å². The molecule has 0 aliphatic rings. The molecule has 0 aromatic carbocycles. The second kappa shape index (κ2) is 3.52. The molecule has 3 nitrogen and oxygen atoms in total. The molecule has 0 spiro atoms. The molecular weight excluding hydrogens is 209 g/mol. The minimum absolute atomic E-state index is 0.539. The zero-order valence-electron chi connectivity index (χ0n) is 8.76. The van der Waals surface area contributed by atoms with E-state index in [0.717, 1.165) is 6.92 Å². The summed E-state index contributed by atoms with van der Waals surface area (Å²) in [7, 11) is 0. The van der Waals surface area contributed by atoms with Gasteiger partial charge in [-0.15, -0.1) is 0 Å². The Balaban J connectivity index is 2.92. The molecule has 1 aromatic heterocycles. The fraction of sp³-hybridized carbons (Fsp3) is 0.667. The van der Waals surface area contributed by atoms with E-state index in [0.29, 0.717) is 11.4 Å². The number of hydrogen-bond donors (Lipinski definition) is 1. The summed E-state index contributed by atoms with van der Waals surface area (Å²) in [5.74, 6) is 0. The van der Waals surface area contributed by atoms with Crippen molar-refractivity contribution in [3.8, 4) is 0 Å². The Kier molecular flexibility index (Phi) is 2.82. The Morgan fingerprint density at radius 2 is 1.93 bits per heavy atom. The highest BCUT2D eigenvalue weighted by Gasteiger charge is 2.50. The van der Waals surface area contributed by atoms with Crippen LogP contribution in [-0.4, -0.2) is 26.4 Å². The lowest BCUT2D eigenvalue weighted by Crippen LogP contribution is -2.45. The minimum Gasteiger partial charge on any atom is -0.379 e. The number of rotatable bonds is 2. The Bertz CT molecular complexity index is 355. The fourth-order valence-electron chi connectivity index (χ4n) is 1.12. The summed E-state index contributed by atoms with van der Waals surface area (Å²) in [5.41, 5.74) is -1.45. The van der Waals surface area contributed by atoms with Crippen LogP contribution in [0.15, 0.2) is 6.33 Å². The standard InChI is InChI=1S/C9H13F3N2O/c1-6-7(2)14(5-13-6)4-8(3,15)9(10,11)12/h5,15H,4H2,1-3H3. The van der Waals surface area contributed by atoms with Crippen LogP contribution in [0, 0.1) is 13.8 Å². The van der Waals surface area contributed by atoms with E-state index in [1.807, 2.05) is 0 Å². The summed E-state index contributed by atoms with van der Waals surface area (Å²) < 4.78 is 38.4. The predicted octanol–water partition coefficient (Wildman–Crippen LogP) is 1.81. The van der Waals surface area contributed by atoms with E-state index in [2.05, 4.69) is 4.98 Å². The molecule has 0 saturated heterocycles. The maximum atomic E-state index is 12.4. The van der Waals surface area contributed by atoms with Crippen molar-refractivity contribution < 1.29 is 18.3 Å². The molecule has 15 heavy (non-hydrogen) atoms. The van der Waals surface area contributed by atoms with Crippen molar-refractivity contribution in [2.45, 2.75) is 39.1 Å². The van der Waals surface area contributed by atoms with Gasteiger partial charge >= 0.3 is 6.18 Å². The molecule has 6 heteroatoms. The van der Waals surface area contributed by atoms with Gasteiger partial charge in [-0.2, -0.15) is 13.2 Å². The van der Waals surface area contributed by atoms with Crippen LogP contribution >= 0.6 is 0 Å². The first-order valence-electron chi connectivity index (χ1n) is 4.42. The Labute approximate surface area is 85.6 Å². The molecule has 1 aromatic rings. The van der Waals surface area contributed by atoms with Gasteiger partial charge in [0.05, 0.1) is 18.6 Å². The van der Waals surface area contributed by atoms with E-state index in [9.17, 15) is 18.3 Å². The largest absolute Gasteiger partial charge is 0.418 e. The second-order valence-electron chi connectivity index (χ2n) is 3.81. The highest BCUT2D eigenvalue weighted by molar-refractivity contribution is 5.09. The third kappa shape index (κ3) is 2.31. The van der Waals surface area contributed by atoms with Crippen molar-refractivity contribution in [3.63, 3.8) is 0 Å². The molecule has 1 heterocycles. The van der Waals surface area contributed by atoms with Gasteiger partial charge in [0.25, 0.3) is 0 Å². The monoisotopic (exact) mass is 222 g/mol. The number of imidazole rings is 1. The summed E-state index contributed by atoms with van der Waals surface area (Å²) in [4.78, 5) is 3.87. The molecule has 0 fully saturated rings. The van der Waals surface area contributed by atoms with E-state index < -0.39 is 18.3 Å². The van der Waals surface area contributed by atoms with Crippen molar-refractivity contribution in [1.29, 1.82) is 0 Å².